The molecule has 1 atom stereocenters. The second-order valence-electron chi connectivity index (χ2n) is 4.84. The lowest BCUT2D eigenvalue weighted by atomic mass is 10.0. The van der Waals surface area contributed by atoms with Gasteiger partial charge in [0.05, 0.1) is 11.3 Å². The van der Waals surface area contributed by atoms with E-state index >= 15 is 0 Å². The molecule has 0 aliphatic carbocycles. The van der Waals surface area contributed by atoms with Crippen molar-refractivity contribution in [3.8, 4) is 0 Å². The Balaban J connectivity index is 3.04. The van der Waals surface area contributed by atoms with Crippen molar-refractivity contribution in [1.29, 1.82) is 0 Å². The summed E-state index contributed by atoms with van der Waals surface area (Å²) < 4.78 is 0. The van der Waals surface area contributed by atoms with E-state index in [1.165, 1.54) is 12.1 Å². The Bertz CT molecular complexity index is 574. The zero-order chi connectivity index (χ0) is 16.2. The number of carbonyl (C=O) groups is 2. The van der Waals surface area contributed by atoms with Gasteiger partial charge in [0.15, 0.2) is 0 Å². The number of nitrogens with one attached hydrogen (secondary N) is 1. The average Bonchev–Trinajstić information content (AvgIpc) is 2.36. The Morgan fingerprint density at radius 3 is 2.52 bits per heavy atom. The number of nitrogens with zero attached hydrogens (tertiary/aromatic N) is 1. The Morgan fingerprint density at radius 1 is 1.43 bits per heavy atom. The van der Waals surface area contributed by atoms with Gasteiger partial charge in [0.25, 0.3) is 11.6 Å². The van der Waals surface area contributed by atoms with Gasteiger partial charge >= 0.3 is 5.97 Å². The zero-order valence-electron chi connectivity index (χ0n) is 11.5. The number of hydrogen-bond donors (Lipinski definition) is 2. The fourth-order valence-corrected chi connectivity index (χ4v) is 1.91. The number of carbonyl (C=O) groups excluding carboxylic acids is 1. The second-order valence-corrected chi connectivity index (χ2v) is 5.28. The molecule has 0 radical (unpaired) electrons. The minimum atomic E-state index is -1.06. The van der Waals surface area contributed by atoms with Crippen LogP contribution in [0.5, 0.6) is 0 Å². The summed E-state index contributed by atoms with van der Waals surface area (Å²) in [5.74, 6) is -1.91. The number of nitro benzene ring substituents is 1. The number of halogens is 1. The maximum absolute atomic E-state index is 12.2. The Morgan fingerprint density at radius 2 is 2.05 bits per heavy atom. The zero-order valence-corrected chi connectivity index (χ0v) is 12.3. The monoisotopic (exact) mass is 314 g/mol. The number of hydrogen-bond acceptors (Lipinski definition) is 4. The second kappa shape index (κ2) is 7.03. The highest BCUT2D eigenvalue weighted by molar-refractivity contribution is 6.31. The summed E-state index contributed by atoms with van der Waals surface area (Å²) in [4.78, 5) is 33.2. The fourth-order valence-electron chi connectivity index (χ4n) is 1.74. The molecule has 8 heteroatoms. The molecule has 114 valence electrons. The third-order valence-corrected chi connectivity index (χ3v) is 3.15. The van der Waals surface area contributed by atoms with E-state index in [1.807, 2.05) is 0 Å². The summed E-state index contributed by atoms with van der Waals surface area (Å²) in [6, 6.07) is 3.01. The molecular formula is C13H15ClN2O5. The van der Waals surface area contributed by atoms with E-state index in [1.54, 1.807) is 13.8 Å². The van der Waals surface area contributed by atoms with Crippen molar-refractivity contribution in [2.75, 3.05) is 0 Å². The average molecular weight is 315 g/mol. The van der Waals surface area contributed by atoms with E-state index in [-0.39, 0.29) is 28.6 Å². The fraction of sp³-hybridized carbons (Fsp3) is 0.385. The molecule has 0 aliphatic heterocycles. The van der Waals surface area contributed by atoms with Crippen LogP contribution in [0.15, 0.2) is 18.2 Å². The number of carboxylic acid groups (broad SMARTS) is 1. The van der Waals surface area contributed by atoms with Gasteiger partial charge in [-0.15, -0.1) is 0 Å². The van der Waals surface area contributed by atoms with Crippen molar-refractivity contribution < 1.29 is 19.6 Å². The van der Waals surface area contributed by atoms with Crippen LogP contribution >= 0.6 is 11.6 Å². The van der Waals surface area contributed by atoms with Crippen LogP contribution in [0.3, 0.4) is 0 Å². The van der Waals surface area contributed by atoms with E-state index in [0.29, 0.717) is 0 Å². The standard InChI is InChI=1S/C13H15ClN2O5/c1-7(2)10(6-12(17)18)15-13(19)9-5-8(14)3-4-11(9)16(20)21/h3-5,7,10H,6H2,1-2H3,(H,15,19)(H,17,18). The summed E-state index contributed by atoms with van der Waals surface area (Å²) in [6.07, 6.45) is -0.266. The SMILES string of the molecule is CC(C)C(CC(=O)O)NC(=O)c1cc(Cl)ccc1[N+](=O)[O-]. The van der Waals surface area contributed by atoms with Gasteiger partial charge < -0.3 is 10.4 Å². The first kappa shape index (κ1) is 16.9. The molecule has 1 aromatic carbocycles. The predicted octanol–water partition coefficient (Wildman–Crippen LogP) is 2.48. The van der Waals surface area contributed by atoms with Crippen molar-refractivity contribution in [1.82, 2.24) is 5.32 Å². The quantitative estimate of drug-likeness (QED) is 0.619. The van der Waals surface area contributed by atoms with Crippen molar-refractivity contribution >= 4 is 29.2 Å². The van der Waals surface area contributed by atoms with E-state index < -0.39 is 22.8 Å². The number of nitro groups is 1. The van der Waals surface area contributed by atoms with E-state index in [4.69, 9.17) is 16.7 Å². The van der Waals surface area contributed by atoms with Gasteiger partial charge in [0.2, 0.25) is 0 Å². The summed E-state index contributed by atoms with van der Waals surface area (Å²) in [7, 11) is 0. The van der Waals surface area contributed by atoms with Crippen LogP contribution in [-0.4, -0.2) is 27.9 Å². The third-order valence-electron chi connectivity index (χ3n) is 2.92. The molecule has 0 spiro atoms. The molecule has 1 amide bonds. The molecule has 0 saturated heterocycles. The molecule has 0 bridgehead atoms. The Hall–Kier alpha value is -2.15. The summed E-state index contributed by atoms with van der Waals surface area (Å²) in [5.41, 5.74) is -0.571. The number of benzene rings is 1. The molecule has 7 nitrogen and oxygen atoms in total. The van der Waals surface area contributed by atoms with Crippen LogP contribution < -0.4 is 5.32 Å². The smallest absolute Gasteiger partial charge is 0.305 e. The van der Waals surface area contributed by atoms with Gasteiger partial charge in [-0.2, -0.15) is 0 Å². The molecule has 0 aromatic heterocycles. The first-order chi connectivity index (χ1) is 9.72. The molecule has 1 aromatic rings. The van der Waals surface area contributed by atoms with Crippen LogP contribution in [0.1, 0.15) is 30.6 Å². The van der Waals surface area contributed by atoms with Crippen LogP contribution in [0.4, 0.5) is 5.69 Å². The Kier molecular flexibility index (Phi) is 5.66. The van der Waals surface area contributed by atoms with E-state index in [9.17, 15) is 19.7 Å². The number of aliphatic carboxylic acids is 1. The van der Waals surface area contributed by atoms with Crippen LogP contribution in [0.2, 0.25) is 5.02 Å². The van der Waals surface area contributed by atoms with Crippen LogP contribution in [0, 0.1) is 16.0 Å². The van der Waals surface area contributed by atoms with Crippen molar-refractivity contribution in [3.05, 3.63) is 38.9 Å². The highest BCUT2D eigenvalue weighted by Gasteiger charge is 2.25. The number of carboxylic acids is 1. The normalized spacial score (nSPS) is 12.0. The van der Waals surface area contributed by atoms with Gasteiger partial charge in [0.1, 0.15) is 5.56 Å². The summed E-state index contributed by atoms with van der Waals surface area (Å²) in [5, 5.41) is 22.4. The van der Waals surface area contributed by atoms with E-state index in [2.05, 4.69) is 5.32 Å². The third kappa shape index (κ3) is 4.71. The molecule has 0 fully saturated rings. The highest BCUT2D eigenvalue weighted by atomic mass is 35.5. The van der Waals surface area contributed by atoms with Crippen molar-refractivity contribution in [2.45, 2.75) is 26.3 Å². The summed E-state index contributed by atoms with van der Waals surface area (Å²) >= 11 is 5.75. The van der Waals surface area contributed by atoms with Gasteiger partial charge in [-0.1, -0.05) is 25.4 Å². The van der Waals surface area contributed by atoms with Crippen molar-refractivity contribution in [2.24, 2.45) is 5.92 Å². The molecule has 0 aliphatic rings. The van der Waals surface area contributed by atoms with Crippen molar-refractivity contribution in [3.63, 3.8) is 0 Å². The lowest BCUT2D eigenvalue weighted by Crippen LogP contribution is -2.40. The van der Waals surface area contributed by atoms with Crippen LogP contribution in [-0.2, 0) is 4.79 Å². The topological polar surface area (TPSA) is 110 Å². The largest absolute Gasteiger partial charge is 0.481 e. The lowest BCUT2D eigenvalue weighted by molar-refractivity contribution is -0.385. The molecule has 2 N–H and O–H groups in total. The molecule has 0 saturated carbocycles. The molecule has 21 heavy (non-hydrogen) atoms. The predicted molar refractivity (Wildman–Crippen MR) is 76.5 cm³/mol. The molecule has 1 rings (SSSR count). The lowest BCUT2D eigenvalue weighted by Gasteiger charge is -2.20. The maximum Gasteiger partial charge on any atom is 0.305 e. The maximum atomic E-state index is 12.2. The molecular weight excluding hydrogens is 300 g/mol. The van der Waals surface area contributed by atoms with Crippen LogP contribution in [0.25, 0.3) is 0 Å². The first-order valence-corrected chi connectivity index (χ1v) is 6.56. The van der Waals surface area contributed by atoms with Gasteiger partial charge in [0, 0.05) is 17.1 Å². The Labute approximate surface area is 126 Å². The first-order valence-electron chi connectivity index (χ1n) is 6.19. The minimum absolute atomic E-state index is 0.136. The molecule has 1 unspecified atom stereocenters. The minimum Gasteiger partial charge on any atom is -0.481 e. The number of rotatable bonds is 6. The summed E-state index contributed by atoms with van der Waals surface area (Å²) in [6.45, 7) is 3.50. The van der Waals surface area contributed by atoms with E-state index in [0.717, 1.165) is 6.07 Å². The highest BCUT2D eigenvalue weighted by Crippen LogP contribution is 2.23. The van der Waals surface area contributed by atoms with Gasteiger partial charge in [-0.3, -0.25) is 19.7 Å². The number of amides is 1. The molecule has 0 heterocycles. The van der Waals surface area contributed by atoms with Gasteiger partial charge in [-0.25, -0.2) is 0 Å². The van der Waals surface area contributed by atoms with Gasteiger partial charge in [-0.05, 0) is 18.1 Å².